The van der Waals surface area contributed by atoms with Crippen LogP contribution in [0, 0.1) is 0 Å². The zero-order valence-corrected chi connectivity index (χ0v) is 13.8. The van der Waals surface area contributed by atoms with E-state index in [0.717, 1.165) is 43.0 Å². The topological polar surface area (TPSA) is 56.7 Å². The zero-order chi connectivity index (χ0) is 16.8. The van der Waals surface area contributed by atoms with E-state index in [4.69, 9.17) is 0 Å². The van der Waals surface area contributed by atoms with Crippen LogP contribution in [0.15, 0.2) is 59.7 Å². The van der Waals surface area contributed by atoms with Crippen molar-refractivity contribution in [3.63, 3.8) is 0 Å². The van der Waals surface area contributed by atoms with Gasteiger partial charge in [-0.05, 0) is 11.6 Å². The van der Waals surface area contributed by atoms with Crippen LogP contribution in [0.1, 0.15) is 6.92 Å². The number of nitrogens with zero attached hydrogens (tertiary/aromatic N) is 2. The number of rotatable bonds is 4. The minimum Gasteiger partial charge on any atom is -0.350 e. The molecule has 0 radical (unpaired) electrons. The van der Waals surface area contributed by atoms with Crippen LogP contribution < -0.4 is 10.7 Å². The number of hydrogen-bond acceptors (Lipinski definition) is 4. The number of benzene rings is 2. The molecule has 0 saturated carbocycles. The molecule has 0 unspecified atom stereocenters. The van der Waals surface area contributed by atoms with Crippen molar-refractivity contribution in [2.24, 2.45) is 5.10 Å². The summed E-state index contributed by atoms with van der Waals surface area (Å²) in [5.74, 6) is 0.459. The molecule has 1 fully saturated rings. The molecule has 0 spiro atoms. The van der Waals surface area contributed by atoms with Crippen molar-refractivity contribution in [3.8, 4) is 11.1 Å². The summed E-state index contributed by atoms with van der Waals surface area (Å²) in [6, 6.07) is 18.1. The first-order valence-corrected chi connectivity index (χ1v) is 8.20. The van der Waals surface area contributed by atoms with Crippen molar-refractivity contribution in [2.45, 2.75) is 6.92 Å². The van der Waals surface area contributed by atoms with Crippen molar-refractivity contribution >= 4 is 17.3 Å². The molecule has 124 valence electrons. The monoisotopic (exact) mass is 322 g/mol. The number of hydrogen-bond donors (Lipinski definition) is 2. The number of ketones is 1. The van der Waals surface area contributed by atoms with Crippen LogP contribution in [0.25, 0.3) is 11.1 Å². The minimum atomic E-state index is -0.0263. The SMILES string of the molecule is CC(=O)C(=NNc1ccccc1-c1ccccc1)N1CCNCC1. The van der Waals surface area contributed by atoms with Gasteiger partial charge in [-0.2, -0.15) is 5.10 Å². The average molecular weight is 322 g/mol. The van der Waals surface area contributed by atoms with E-state index in [1.54, 1.807) is 6.92 Å². The summed E-state index contributed by atoms with van der Waals surface area (Å²) in [5, 5.41) is 7.70. The van der Waals surface area contributed by atoms with Crippen molar-refractivity contribution in [1.82, 2.24) is 10.2 Å². The molecule has 1 saturated heterocycles. The molecular formula is C19H22N4O. The van der Waals surface area contributed by atoms with E-state index >= 15 is 0 Å². The molecular weight excluding hydrogens is 300 g/mol. The second kappa shape index (κ2) is 7.75. The Morgan fingerprint density at radius 3 is 2.42 bits per heavy atom. The Morgan fingerprint density at radius 1 is 1.04 bits per heavy atom. The summed E-state index contributed by atoms with van der Waals surface area (Å²) in [4.78, 5) is 14.0. The highest BCUT2D eigenvalue weighted by molar-refractivity contribution is 6.37. The molecule has 0 bridgehead atoms. The van der Waals surface area contributed by atoms with Gasteiger partial charge < -0.3 is 10.2 Å². The Labute approximate surface area is 142 Å². The lowest BCUT2D eigenvalue weighted by Gasteiger charge is -2.29. The molecule has 5 nitrogen and oxygen atoms in total. The van der Waals surface area contributed by atoms with Gasteiger partial charge in [0.15, 0.2) is 11.6 Å². The van der Waals surface area contributed by atoms with E-state index in [9.17, 15) is 4.79 Å². The van der Waals surface area contributed by atoms with Gasteiger partial charge >= 0.3 is 0 Å². The van der Waals surface area contributed by atoms with Crippen molar-refractivity contribution < 1.29 is 4.79 Å². The predicted octanol–water partition coefficient (Wildman–Crippen LogP) is 2.57. The van der Waals surface area contributed by atoms with E-state index in [1.165, 1.54) is 0 Å². The van der Waals surface area contributed by atoms with Crippen molar-refractivity contribution in [3.05, 3.63) is 54.6 Å². The number of carbonyl (C=O) groups excluding carboxylic acids is 1. The van der Waals surface area contributed by atoms with E-state index in [0.29, 0.717) is 5.84 Å². The number of para-hydroxylation sites is 1. The highest BCUT2D eigenvalue weighted by Gasteiger charge is 2.18. The van der Waals surface area contributed by atoms with Crippen LogP contribution in [0.4, 0.5) is 5.69 Å². The average Bonchev–Trinajstić information content (AvgIpc) is 2.64. The highest BCUT2D eigenvalue weighted by atomic mass is 16.1. The number of Topliss-reactive ketones (excluding diaryl/α,β-unsaturated/α-hetero) is 1. The fourth-order valence-corrected chi connectivity index (χ4v) is 2.81. The van der Waals surface area contributed by atoms with Gasteiger partial charge in [-0.3, -0.25) is 10.2 Å². The quantitative estimate of drug-likeness (QED) is 0.516. The molecule has 1 aliphatic heterocycles. The molecule has 2 aromatic rings. The summed E-state index contributed by atoms with van der Waals surface area (Å²) in [6.45, 7) is 4.88. The number of piperazine rings is 1. The van der Waals surface area contributed by atoms with Crippen LogP contribution >= 0.6 is 0 Å². The number of amidine groups is 1. The normalized spacial score (nSPS) is 15.2. The van der Waals surface area contributed by atoms with Crippen LogP contribution in [0.3, 0.4) is 0 Å². The van der Waals surface area contributed by atoms with Crippen molar-refractivity contribution in [1.29, 1.82) is 0 Å². The first-order chi connectivity index (χ1) is 11.8. The lowest BCUT2D eigenvalue weighted by atomic mass is 10.0. The van der Waals surface area contributed by atoms with E-state index < -0.39 is 0 Å². The van der Waals surface area contributed by atoms with E-state index in [1.807, 2.05) is 47.4 Å². The Kier molecular flexibility index (Phi) is 5.23. The first kappa shape index (κ1) is 16.2. The minimum absolute atomic E-state index is 0.0263. The second-order valence-corrected chi connectivity index (χ2v) is 5.75. The smallest absolute Gasteiger partial charge is 0.196 e. The summed E-state index contributed by atoms with van der Waals surface area (Å²) in [7, 11) is 0. The Morgan fingerprint density at radius 2 is 1.71 bits per heavy atom. The number of anilines is 1. The molecule has 0 aromatic heterocycles. The molecule has 5 heteroatoms. The lowest BCUT2D eigenvalue weighted by molar-refractivity contribution is -0.111. The van der Waals surface area contributed by atoms with Crippen LogP contribution in [-0.4, -0.2) is 42.7 Å². The van der Waals surface area contributed by atoms with Gasteiger partial charge in [0.25, 0.3) is 0 Å². The molecule has 2 aromatic carbocycles. The van der Waals surface area contributed by atoms with Gasteiger partial charge in [-0.25, -0.2) is 0 Å². The predicted molar refractivity (Wildman–Crippen MR) is 98.1 cm³/mol. The van der Waals surface area contributed by atoms with Gasteiger partial charge in [0.2, 0.25) is 0 Å². The van der Waals surface area contributed by atoms with Crippen LogP contribution in [0.2, 0.25) is 0 Å². The van der Waals surface area contributed by atoms with Gasteiger partial charge in [0.1, 0.15) is 0 Å². The van der Waals surface area contributed by atoms with Gasteiger partial charge in [-0.15, -0.1) is 0 Å². The molecule has 1 aliphatic rings. The fraction of sp³-hybridized carbons (Fsp3) is 0.263. The maximum absolute atomic E-state index is 12.0. The highest BCUT2D eigenvalue weighted by Crippen LogP contribution is 2.27. The molecule has 2 N–H and O–H groups in total. The Balaban J connectivity index is 1.86. The van der Waals surface area contributed by atoms with Crippen LogP contribution in [0.5, 0.6) is 0 Å². The largest absolute Gasteiger partial charge is 0.350 e. The number of carbonyl (C=O) groups is 1. The van der Waals surface area contributed by atoms with E-state index in [-0.39, 0.29) is 5.78 Å². The van der Waals surface area contributed by atoms with Gasteiger partial charge in [-0.1, -0.05) is 48.5 Å². The second-order valence-electron chi connectivity index (χ2n) is 5.75. The molecule has 3 rings (SSSR count). The summed E-state index contributed by atoms with van der Waals surface area (Å²) < 4.78 is 0. The summed E-state index contributed by atoms with van der Waals surface area (Å²) >= 11 is 0. The zero-order valence-electron chi connectivity index (χ0n) is 13.8. The molecule has 0 aliphatic carbocycles. The number of hydrazone groups is 1. The molecule has 24 heavy (non-hydrogen) atoms. The Hall–Kier alpha value is -2.66. The fourth-order valence-electron chi connectivity index (χ4n) is 2.81. The third-order valence-corrected chi connectivity index (χ3v) is 4.03. The molecule has 0 atom stereocenters. The van der Waals surface area contributed by atoms with Gasteiger partial charge in [0.05, 0.1) is 5.69 Å². The van der Waals surface area contributed by atoms with Crippen molar-refractivity contribution in [2.75, 3.05) is 31.6 Å². The third kappa shape index (κ3) is 3.81. The molecule has 0 amide bonds. The summed E-state index contributed by atoms with van der Waals surface area (Å²) in [5.41, 5.74) is 6.16. The third-order valence-electron chi connectivity index (χ3n) is 4.03. The lowest BCUT2D eigenvalue weighted by Crippen LogP contribution is -2.48. The van der Waals surface area contributed by atoms with Crippen LogP contribution in [-0.2, 0) is 4.79 Å². The number of nitrogens with one attached hydrogen (secondary N) is 2. The van der Waals surface area contributed by atoms with Gasteiger partial charge in [0, 0.05) is 38.7 Å². The maximum Gasteiger partial charge on any atom is 0.196 e. The molecule has 1 heterocycles. The summed E-state index contributed by atoms with van der Waals surface area (Å²) in [6.07, 6.45) is 0. The first-order valence-electron chi connectivity index (χ1n) is 8.20. The maximum atomic E-state index is 12.0. The Bertz CT molecular complexity index is 721. The van der Waals surface area contributed by atoms with E-state index in [2.05, 4.69) is 28.0 Å². The standard InChI is InChI=1S/C19H22N4O/c1-15(24)19(23-13-11-20-12-14-23)22-21-18-10-6-5-9-17(18)16-7-3-2-4-8-16/h2-10,20-21H,11-14H2,1H3.